The molecule has 2 amide bonds. The molecule has 0 saturated carbocycles. The molecule has 0 aliphatic heterocycles. The molecule has 0 aliphatic rings. The third-order valence-electron chi connectivity index (χ3n) is 5.81. The molecule has 3 aromatic carbocycles. The standard InChI is InChI=1S/C30H28ClFN6O4/c1-30(2,3)42-29(41)20-9-11-21(12-10-20)34-28(40)24(17-19-7-5-4-6-8-19)35-26(39)16-13-22-25(38-18-33-36-37-38)15-14-23(31)27(22)32/h4-16,18,24H,17H2,1-3H3,(H,34,40)(H,35,39)/t24-/m0/s1. The van der Waals surface area contributed by atoms with Crippen LogP contribution >= 0.6 is 11.6 Å². The molecular weight excluding hydrogens is 563 g/mol. The second-order valence-electron chi connectivity index (χ2n) is 10.2. The van der Waals surface area contributed by atoms with Crippen molar-refractivity contribution in [1.82, 2.24) is 25.5 Å². The molecule has 0 bridgehead atoms. The number of halogens is 2. The van der Waals surface area contributed by atoms with Gasteiger partial charge in [-0.05, 0) is 79.2 Å². The number of nitrogens with one attached hydrogen (secondary N) is 2. The van der Waals surface area contributed by atoms with Crippen LogP contribution in [0.1, 0.15) is 42.3 Å². The van der Waals surface area contributed by atoms with E-state index in [2.05, 4.69) is 26.2 Å². The summed E-state index contributed by atoms with van der Waals surface area (Å²) >= 11 is 5.96. The fraction of sp³-hybridized carbons (Fsp3) is 0.200. The van der Waals surface area contributed by atoms with Gasteiger partial charge in [0.2, 0.25) is 11.8 Å². The van der Waals surface area contributed by atoms with Crippen LogP contribution in [0.4, 0.5) is 10.1 Å². The topological polar surface area (TPSA) is 128 Å². The number of carbonyl (C=O) groups excluding carboxylic acids is 3. The fourth-order valence-corrected chi connectivity index (χ4v) is 4.04. The van der Waals surface area contributed by atoms with Gasteiger partial charge < -0.3 is 15.4 Å². The summed E-state index contributed by atoms with van der Waals surface area (Å²) in [6.45, 7) is 5.32. The molecule has 1 heterocycles. The van der Waals surface area contributed by atoms with Crippen LogP contribution in [0, 0.1) is 5.82 Å². The molecule has 1 aromatic heterocycles. The van der Waals surface area contributed by atoms with Gasteiger partial charge in [-0.3, -0.25) is 9.59 Å². The van der Waals surface area contributed by atoms with Crippen molar-refractivity contribution in [2.75, 3.05) is 5.32 Å². The van der Waals surface area contributed by atoms with Crippen LogP contribution in [0.5, 0.6) is 0 Å². The van der Waals surface area contributed by atoms with Crippen molar-refractivity contribution < 1.29 is 23.5 Å². The van der Waals surface area contributed by atoms with Gasteiger partial charge in [-0.15, -0.1) is 5.10 Å². The van der Waals surface area contributed by atoms with E-state index in [1.807, 2.05) is 30.3 Å². The van der Waals surface area contributed by atoms with Crippen molar-refractivity contribution in [2.45, 2.75) is 38.8 Å². The van der Waals surface area contributed by atoms with Crippen LogP contribution < -0.4 is 10.6 Å². The minimum Gasteiger partial charge on any atom is -0.456 e. The molecule has 0 fully saturated rings. The lowest BCUT2D eigenvalue weighted by Gasteiger charge is -2.20. The molecule has 10 nitrogen and oxygen atoms in total. The smallest absolute Gasteiger partial charge is 0.338 e. The highest BCUT2D eigenvalue weighted by atomic mass is 35.5. The number of nitrogens with zero attached hydrogens (tertiary/aromatic N) is 4. The van der Waals surface area contributed by atoms with Crippen LogP contribution in [0.25, 0.3) is 11.8 Å². The third kappa shape index (κ3) is 8.07. The van der Waals surface area contributed by atoms with Crippen LogP contribution in [-0.4, -0.2) is 49.6 Å². The van der Waals surface area contributed by atoms with Gasteiger partial charge in [-0.1, -0.05) is 41.9 Å². The van der Waals surface area contributed by atoms with E-state index < -0.39 is 35.2 Å². The first-order valence-corrected chi connectivity index (χ1v) is 13.3. The van der Waals surface area contributed by atoms with Crippen molar-refractivity contribution in [3.63, 3.8) is 0 Å². The predicted octanol–water partition coefficient (Wildman–Crippen LogP) is 4.79. The van der Waals surface area contributed by atoms with E-state index in [0.717, 1.165) is 11.6 Å². The second-order valence-corrected chi connectivity index (χ2v) is 10.6. The minimum absolute atomic E-state index is 0.0147. The number of esters is 1. The van der Waals surface area contributed by atoms with Gasteiger partial charge in [0.1, 0.15) is 18.0 Å². The maximum Gasteiger partial charge on any atom is 0.338 e. The monoisotopic (exact) mass is 590 g/mol. The molecule has 42 heavy (non-hydrogen) atoms. The lowest BCUT2D eigenvalue weighted by Crippen LogP contribution is -2.44. The highest BCUT2D eigenvalue weighted by molar-refractivity contribution is 6.31. The van der Waals surface area contributed by atoms with Crippen LogP contribution in [0.2, 0.25) is 5.02 Å². The maximum absolute atomic E-state index is 14.9. The van der Waals surface area contributed by atoms with Crippen molar-refractivity contribution >= 4 is 41.1 Å². The molecule has 0 radical (unpaired) electrons. The molecule has 0 unspecified atom stereocenters. The molecule has 1 atom stereocenters. The van der Waals surface area contributed by atoms with E-state index >= 15 is 0 Å². The van der Waals surface area contributed by atoms with Gasteiger partial charge in [0.05, 0.1) is 16.3 Å². The zero-order valence-corrected chi connectivity index (χ0v) is 23.8. The van der Waals surface area contributed by atoms with Gasteiger partial charge in [0.25, 0.3) is 0 Å². The zero-order chi connectivity index (χ0) is 30.3. The summed E-state index contributed by atoms with van der Waals surface area (Å²) in [4.78, 5) is 38.6. The van der Waals surface area contributed by atoms with Gasteiger partial charge in [0.15, 0.2) is 5.82 Å². The normalized spacial score (nSPS) is 12.1. The Labute approximate surface area is 246 Å². The molecule has 4 aromatic rings. The number of hydrogen-bond acceptors (Lipinski definition) is 7. The summed E-state index contributed by atoms with van der Waals surface area (Å²) in [5, 5.41) is 16.2. The lowest BCUT2D eigenvalue weighted by molar-refractivity contribution is -0.123. The molecular formula is C30H28ClFN6O4. The molecule has 216 valence electrons. The van der Waals surface area contributed by atoms with E-state index in [1.165, 1.54) is 29.2 Å². The largest absolute Gasteiger partial charge is 0.456 e. The van der Waals surface area contributed by atoms with E-state index in [0.29, 0.717) is 11.3 Å². The zero-order valence-electron chi connectivity index (χ0n) is 23.0. The van der Waals surface area contributed by atoms with Crippen LogP contribution in [0.15, 0.2) is 79.1 Å². The van der Waals surface area contributed by atoms with E-state index in [-0.39, 0.29) is 22.7 Å². The number of amides is 2. The molecule has 12 heteroatoms. The van der Waals surface area contributed by atoms with Gasteiger partial charge >= 0.3 is 5.97 Å². The summed E-state index contributed by atoms with van der Waals surface area (Å²) in [5.41, 5.74) is 1.16. The van der Waals surface area contributed by atoms with Crippen molar-refractivity contribution in [2.24, 2.45) is 0 Å². The Bertz CT molecular complexity index is 1590. The number of ether oxygens (including phenoxy) is 1. The number of benzene rings is 3. The fourth-order valence-electron chi connectivity index (χ4n) is 3.88. The molecule has 2 N–H and O–H groups in total. The second kappa shape index (κ2) is 13.2. The molecule has 4 rings (SSSR count). The predicted molar refractivity (Wildman–Crippen MR) is 155 cm³/mol. The first-order chi connectivity index (χ1) is 20.0. The number of hydrogen-bond donors (Lipinski definition) is 2. The lowest BCUT2D eigenvalue weighted by atomic mass is 10.0. The quantitative estimate of drug-likeness (QED) is 0.212. The summed E-state index contributed by atoms with van der Waals surface area (Å²) in [6, 6.07) is 17.2. The Morgan fingerprint density at radius 2 is 1.76 bits per heavy atom. The van der Waals surface area contributed by atoms with E-state index in [1.54, 1.807) is 45.0 Å². The van der Waals surface area contributed by atoms with Gasteiger partial charge in [-0.25, -0.2) is 9.18 Å². The first-order valence-electron chi connectivity index (χ1n) is 12.9. The Kier molecular flexibility index (Phi) is 9.43. The van der Waals surface area contributed by atoms with Gasteiger partial charge in [0, 0.05) is 23.7 Å². The number of carbonyl (C=O) groups is 3. The minimum atomic E-state index is -0.988. The summed E-state index contributed by atoms with van der Waals surface area (Å²) in [6.07, 6.45) is 3.80. The highest BCUT2D eigenvalue weighted by Crippen LogP contribution is 2.25. The van der Waals surface area contributed by atoms with Crippen LogP contribution in [0.3, 0.4) is 0 Å². The van der Waals surface area contributed by atoms with Crippen molar-refractivity contribution in [3.05, 3.63) is 107 Å². The molecule has 0 saturated heterocycles. The number of aromatic nitrogens is 4. The maximum atomic E-state index is 14.9. The van der Waals surface area contributed by atoms with Crippen LogP contribution in [-0.2, 0) is 20.7 Å². The first kappa shape index (κ1) is 30.1. The average Bonchev–Trinajstić information content (AvgIpc) is 3.48. The SMILES string of the molecule is CC(C)(C)OC(=O)c1ccc(NC(=O)[C@H](Cc2ccccc2)NC(=O)C=Cc2c(-n3cnnn3)ccc(Cl)c2F)cc1. The Morgan fingerprint density at radius 3 is 2.40 bits per heavy atom. The van der Waals surface area contributed by atoms with Gasteiger partial charge in [-0.2, -0.15) is 4.68 Å². The summed E-state index contributed by atoms with van der Waals surface area (Å²) in [5.74, 6) is -2.38. The number of tetrazole rings is 1. The average molecular weight is 591 g/mol. The Balaban J connectivity index is 1.51. The summed E-state index contributed by atoms with van der Waals surface area (Å²) < 4.78 is 21.5. The van der Waals surface area contributed by atoms with Crippen molar-refractivity contribution in [1.29, 1.82) is 0 Å². The highest BCUT2D eigenvalue weighted by Gasteiger charge is 2.22. The Morgan fingerprint density at radius 1 is 1.05 bits per heavy atom. The summed E-state index contributed by atoms with van der Waals surface area (Å²) in [7, 11) is 0. The van der Waals surface area contributed by atoms with E-state index in [4.69, 9.17) is 16.3 Å². The number of anilines is 1. The van der Waals surface area contributed by atoms with E-state index in [9.17, 15) is 18.8 Å². The number of rotatable bonds is 9. The van der Waals surface area contributed by atoms with Crippen molar-refractivity contribution in [3.8, 4) is 5.69 Å². The third-order valence-corrected chi connectivity index (χ3v) is 6.10. The Hall–Kier alpha value is -4.90. The molecule has 0 aliphatic carbocycles. The molecule has 0 spiro atoms.